The summed E-state index contributed by atoms with van der Waals surface area (Å²) in [5.74, 6) is 3.68. The van der Waals surface area contributed by atoms with Crippen molar-refractivity contribution in [3.05, 3.63) is 193 Å². The van der Waals surface area contributed by atoms with Crippen molar-refractivity contribution in [2.45, 2.75) is 117 Å². The zero-order valence-corrected chi connectivity index (χ0v) is 41.3. The van der Waals surface area contributed by atoms with Crippen LogP contribution in [0.5, 0.6) is 23.0 Å². The van der Waals surface area contributed by atoms with Gasteiger partial charge in [0.2, 0.25) is 0 Å². The van der Waals surface area contributed by atoms with Crippen molar-refractivity contribution in [3.8, 4) is 23.0 Å². The number of anilines is 6. The minimum atomic E-state index is -0.206. The normalized spacial score (nSPS) is 13.0. The largest absolute Gasteiger partial charge is 0.488 e. The zero-order chi connectivity index (χ0) is 47.9. The Kier molecular flexibility index (Phi) is 16.8. The lowest BCUT2D eigenvalue weighted by molar-refractivity contribution is 0.0664. The van der Waals surface area contributed by atoms with Crippen LogP contribution in [0.15, 0.2) is 182 Å². The maximum Gasteiger partial charge on any atom is 0.193 e. The third-order valence-electron chi connectivity index (χ3n) is 12.9. The molecule has 0 bridgehead atoms. The number of hydrogen-bond donors (Lipinski definition) is 0. The van der Waals surface area contributed by atoms with Crippen LogP contribution in [0.2, 0.25) is 0 Å². The smallest absolute Gasteiger partial charge is 0.193 e. The van der Waals surface area contributed by atoms with Gasteiger partial charge in [-0.3, -0.25) is 4.79 Å². The van der Waals surface area contributed by atoms with E-state index < -0.39 is 0 Å². The Morgan fingerprint density at radius 2 is 0.809 bits per heavy atom. The van der Waals surface area contributed by atoms with Crippen molar-refractivity contribution in [1.29, 1.82) is 0 Å². The summed E-state index contributed by atoms with van der Waals surface area (Å²) in [4.78, 5) is 18.0. The predicted molar refractivity (Wildman–Crippen MR) is 284 cm³/mol. The highest BCUT2D eigenvalue weighted by molar-refractivity contribution is 6.09. The average Bonchev–Trinajstić information content (AvgIpc) is 3.36. The number of rotatable bonds is 24. The number of para-hydroxylation sites is 2. The number of unbranched alkanes of at least 4 members (excludes halogenated alkanes) is 1. The van der Waals surface area contributed by atoms with E-state index in [0.717, 1.165) is 97.0 Å². The first-order valence-corrected chi connectivity index (χ1v) is 24.8. The fraction of sp³-hybridized carbons (Fsp3) is 0.306. The third-order valence-corrected chi connectivity index (χ3v) is 12.9. The SMILES string of the molecule is CCCCC(C)(CCC)Oc1ccc(C(=O)c2ccc(Oc3ccc(N(c4ccccc4)c4ccc(N(c5ccccc5)c5ccc(OC(C)(CC)CCCC(C)C)cc5)cc4)cc3)cc2)cc1. The van der Waals surface area contributed by atoms with E-state index in [4.69, 9.17) is 14.2 Å². The molecule has 0 fully saturated rings. The molecule has 0 aliphatic carbocycles. The Bertz CT molecular complexity index is 2600. The Morgan fingerprint density at radius 3 is 1.22 bits per heavy atom. The molecule has 0 amide bonds. The lowest BCUT2D eigenvalue weighted by Crippen LogP contribution is -2.32. The molecule has 2 atom stereocenters. The number of ketones is 1. The molecule has 0 spiro atoms. The maximum atomic E-state index is 13.5. The van der Waals surface area contributed by atoms with Crippen molar-refractivity contribution >= 4 is 39.9 Å². The highest BCUT2D eigenvalue weighted by Crippen LogP contribution is 2.40. The van der Waals surface area contributed by atoms with Crippen molar-refractivity contribution in [2.24, 2.45) is 5.92 Å². The van der Waals surface area contributed by atoms with Gasteiger partial charge in [0.05, 0.1) is 0 Å². The summed E-state index contributed by atoms with van der Waals surface area (Å²) in [6.07, 6.45) is 9.69. The van der Waals surface area contributed by atoms with Crippen molar-refractivity contribution in [3.63, 3.8) is 0 Å². The number of carbonyl (C=O) groups is 1. The molecule has 0 saturated heterocycles. The van der Waals surface area contributed by atoms with Gasteiger partial charge in [-0.05, 0) is 204 Å². The van der Waals surface area contributed by atoms with Crippen LogP contribution < -0.4 is 24.0 Å². The van der Waals surface area contributed by atoms with Gasteiger partial charge in [-0.15, -0.1) is 0 Å². The molecule has 352 valence electrons. The minimum absolute atomic E-state index is 0.0431. The average molecular weight is 907 g/mol. The molecule has 68 heavy (non-hydrogen) atoms. The van der Waals surface area contributed by atoms with Crippen molar-refractivity contribution in [1.82, 2.24) is 0 Å². The Balaban J connectivity index is 1.05. The van der Waals surface area contributed by atoms with E-state index >= 15 is 0 Å². The molecule has 0 heterocycles. The molecule has 0 radical (unpaired) electrons. The monoisotopic (exact) mass is 907 g/mol. The van der Waals surface area contributed by atoms with Gasteiger partial charge < -0.3 is 24.0 Å². The van der Waals surface area contributed by atoms with Gasteiger partial charge in [0, 0.05) is 45.3 Å². The molecule has 0 aromatic heterocycles. The maximum absolute atomic E-state index is 13.5. The first-order valence-electron chi connectivity index (χ1n) is 24.8. The van der Waals surface area contributed by atoms with Crippen molar-refractivity contribution in [2.75, 3.05) is 9.80 Å². The van der Waals surface area contributed by atoms with Crippen LogP contribution in [-0.4, -0.2) is 17.0 Å². The number of hydrogen-bond acceptors (Lipinski definition) is 6. The standard InChI is InChI=1S/C62H70N2O4/c1-8-11-45-62(7,44-9-2)68-58-38-26-49(27-39-58)60(65)48-24-36-56(37-25-48)66-57-40-32-54(33-41-57)63(50-20-14-12-15-21-50)52-28-30-53(31-29-52)64(51-22-16-13-17-23-51)55-34-42-59(43-35-55)67-61(6,10-3)46-18-19-47(4)5/h12-17,20-43,47H,8-11,18-19,44-46H2,1-7H3. The van der Waals surface area contributed by atoms with E-state index in [-0.39, 0.29) is 17.0 Å². The summed E-state index contributed by atoms with van der Waals surface area (Å²) >= 11 is 0. The second kappa shape index (κ2) is 23.3. The van der Waals surface area contributed by atoms with Gasteiger partial charge >= 0.3 is 0 Å². The highest BCUT2D eigenvalue weighted by atomic mass is 16.5. The number of ether oxygens (including phenoxy) is 3. The van der Waals surface area contributed by atoms with E-state index in [9.17, 15) is 4.79 Å². The summed E-state index contributed by atoms with van der Waals surface area (Å²) in [6.45, 7) is 15.6. The fourth-order valence-electron chi connectivity index (χ4n) is 8.84. The molecular formula is C62H70N2O4. The van der Waals surface area contributed by atoms with Crippen LogP contribution in [0, 0.1) is 5.92 Å². The number of benzene rings is 7. The fourth-order valence-corrected chi connectivity index (χ4v) is 8.84. The van der Waals surface area contributed by atoms with E-state index in [0.29, 0.717) is 28.5 Å². The first-order chi connectivity index (χ1) is 33.0. The lowest BCUT2D eigenvalue weighted by atomic mass is 9.93. The van der Waals surface area contributed by atoms with Gasteiger partial charge in [-0.25, -0.2) is 0 Å². The van der Waals surface area contributed by atoms with Crippen LogP contribution in [-0.2, 0) is 0 Å². The van der Waals surface area contributed by atoms with E-state index in [1.54, 1.807) is 0 Å². The first kappa shape index (κ1) is 49.1. The van der Waals surface area contributed by atoms with E-state index in [2.05, 4.69) is 167 Å². The number of carbonyl (C=O) groups excluding carboxylic acids is 1. The van der Waals surface area contributed by atoms with Crippen molar-refractivity contribution < 1.29 is 19.0 Å². The van der Waals surface area contributed by atoms with Gasteiger partial charge in [-0.1, -0.05) is 90.3 Å². The summed E-state index contributed by atoms with van der Waals surface area (Å²) in [5.41, 5.74) is 7.03. The molecule has 2 unspecified atom stereocenters. The topological polar surface area (TPSA) is 51.2 Å². The molecular weight excluding hydrogens is 837 g/mol. The van der Waals surface area contributed by atoms with Crippen LogP contribution in [0.1, 0.15) is 122 Å². The lowest BCUT2D eigenvalue weighted by Gasteiger charge is -2.31. The van der Waals surface area contributed by atoms with Crippen LogP contribution in [0.4, 0.5) is 34.1 Å². The number of nitrogens with zero attached hydrogens (tertiary/aromatic N) is 2. The molecule has 0 aliphatic rings. The van der Waals surface area contributed by atoms with Gasteiger partial charge in [0.15, 0.2) is 5.78 Å². The zero-order valence-electron chi connectivity index (χ0n) is 41.3. The summed E-state index contributed by atoms with van der Waals surface area (Å²) < 4.78 is 19.4. The minimum Gasteiger partial charge on any atom is -0.488 e. The van der Waals surface area contributed by atoms with Gasteiger partial charge in [0.25, 0.3) is 0 Å². The molecule has 6 heteroatoms. The summed E-state index contributed by atoms with van der Waals surface area (Å²) in [5, 5.41) is 0. The second-order valence-electron chi connectivity index (χ2n) is 18.9. The highest BCUT2D eigenvalue weighted by Gasteiger charge is 2.26. The molecule has 7 aromatic rings. The van der Waals surface area contributed by atoms with Gasteiger partial charge in [0.1, 0.15) is 34.2 Å². The Morgan fingerprint density at radius 1 is 0.441 bits per heavy atom. The van der Waals surface area contributed by atoms with Crippen LogP contribution in [0.3, 0.4) is 0 Å². The van der Waals surface area contributed by atoms with Gasteiger partial charge in [-0.2, -0.15) is 0 Å². The molecule has 0 saturated carbocycles. The van der Waals surface area contributed by atoms with E-state index in [1.165, 1.54) is 6.42 Å². The molecule has 7 rings (SSSR count). The van der Waals surface area contributed by atoms with Crippen LogP contribution >= 0.6 is 0 Å². The summed E-state index contributed by atoms with van der Waals surface area (Å²) in [7, 11) is 0. The van der Waals surface area contributed by atoms with E-state index in [1.807, 2.05) is 72.8 Å². The molecule has 6 nitrogen and oxygen atoms in total. The molecule has 0 aliphatic heterocycles. The van der Waals surface area contributed by atoms with Crippen LogP contribution in [0.25, 0.3) is 0 Å². The molecule has 0 N–H and O–H groups in total. The predicted octanol–water partition coefficient (Wildman–Crippen LogP) is 18.2. The Hall–Kier alpha value is -6.79. The quantitative estimate of drug-likeness (QED) is 0.0563. The third kappa shape index (κ3) is 13.0. The molecule has 7 aromatic carbocycles. The second-order valence-corrected chi connectivity index (χ2v) is 18.9. The Labute approximate surface area is 406 Å². The summed E-state index contributed by atoms with van der Waals surface area (Å²) in [6, 6.07) is 61.1.